The minimum Gasteiger partial charge on any atom is -0.326 e. The van der Waals surface area contributed by atoms with Crippen molar-refractivity contribution in [3.8, 4) is 0 Å². The van der Waals surface area contributed by atoms with Crippen molar-refractivity contribution >= 4 is 11.7 Å². The molecule has 0 unspecified atom stereocenters. The number of nitrogens with one attached hydrogen (secondary N) is 2. The monoisotopic (exact) mass is 286 g/mol. The average molecular weight is 286 g/mol. The Kier molecular flexibility index (Phi) is 4.43. The van der Waals surface area contributed by atoms with Gasteiger partial charge < -0.3 is 11.1 Å². The highest BCUT2D eigenvalue weighted by atomic mass is 16.1. The quantitative estimate of drug-likeness (QED) is 0.808. The van der Waals surface area contributed by atoms with Crippen LogP contribution in [-0.4, -0.2) is 16.1 Å². The fraction of sp³-hybridized carbons (Fsp3) is 0.375. The van der Waals surface area contributed by atoms with Gasteiger partial charge in [-0.3, -0.25) is 9.89 Å². The predicted molar refractivity (Wildman–Crippen MR) is 84.0 cm³/mol. The number of aromatic amines is 1. The van der Waals surface area contributed by atoms with Crippen LogP contribution in [0.2, 0.25) is 0 Å². The third-order valence-corrected chi connectivity index (χ3v) is 3.05. The Morgan fingerprint density at radius 1 is 1.29 bits per heavy atom. The van der Waals surface area contributed by atoms with Gasteiger partial charge in [0.25, 0.3) is 5.91 Å². The van der Waals surface area contributed by atoms with Crippen molar-refractivity contribution in [2.24, 2.45) is 11.1 Å². The molecule has 0 aliphatic rings. The number of hydrogen-bond donors (Lipinski definition) is 3. The van der Waals surface area contributed by atoms with E-state index >= 15 is 0 Å². The molecule has 5 nitrogen and oxygen atoms in total. The fourth-order valence-corrected chi connectivity index (χ4v) is 2.07. The first-order valence-corrected chi connectivity index (χ1v) is 7.02. The van der Waals surface area contributed by atoms with Crippen LogP contribution >= 0.6 is 0 Å². The first kappa shape index (κ1) is 15.3. The van der Waals surface area contributed by atoms with Crippen molar-refractivity contribution in [2.45, 2.75) is 33.7 Å². The van der Waals surface area contributed by atoms with E-state index in [9.17, 15) is 4.79 Å². The lowest BCUT2D eigenvalue weighted by molar-refractivity contribution is 0.102. The van der Waals surface area contributed by atoms with Crippen LogP contribution in [0.4, 0.5) is 5.82 Å². The van der Waals surface area contributed by atoms with E-state index in [4.69, 9.17) is 5.73 Å². The molecule has 5 heteroatoms. The SMILES string of the molecule is CC(C)(C)Cc1cc(NC(=O)c2ccc(CN)cc2)n[nH]1. The molecule has 0 aliphatic carbocycles. The number of carbonyl (C=O) groups is 1. The first-order valence-electron chi connectivity index (χ1n) is 7.02. The van der Waals surface area contributed by atoms with Crippen molar-refractivity contribution in [3.63, 3.8) is 0 Å². The third-order valence-electron chi connectivity index (χ3n) is 3.05. The molecular weight excluding hydrogens is 264 g/mol. The summed E-state index contributed by atoms with van der Waals surface area (Å²) >= 11 is 0. The molecule has 0 fully saturated rings. The minimum atomic E-state index is -0.174. The highest BCUT2D eigenvalue weighted by Gasteiger charge is 2.14. The lowest BCUT2D eigenvalue weighted by Gasteiger charge is -2.15. The minimum absolute atomic E-state index is 0.172. The second-order valence-electron chi connectivity index (χ2n) is 6.37. The van der Waals surface area contributed by atoms with Crippen LogP contribution in [0.3, 0.4) is 0 Å². The maximum atomic E-state index is 12.1. The Balaban J connectivity index is 2.02. The van der Waals surface area contributed by atoms with Gasteiger partial charge in [-0.25, -0.2) is 0 Å². The summed E-state index contributed by atoms with van der Waals surface area (Å²) in [7, 11) is 0. The number of carbonyl (C=O) groups excluding carboxylic acids is 1. The number of nitrogens with two attached hydrogens (primary N) is 1. The van der Waals surface area contributed by atoms with Crippen molar-refractivity contribution in [1.82, 2.24) is 10.2 Å². The third kappa shape index (κ3) is 4.43. The molecule has 112 valence electrons. The van der Waals surface area contributed by atoms with Gasteiger partial charge in [0.2, 0.25) is 0 Å². The van der Waals surface area contributed by atoms with Gasteiger partial charge in [0.05, 0.1) is 0 Å². The standard InChI is InChI=1S/C16H22N4O/c1-16(2,3)9-13-8-14(20-19-13)18-15(21)12-6-4-11(10-17)5-7-12/h4-8H,9-10,17H2,1-3H3,(H2,18,19,20,21). The highest BCUT2D eigenvalue weighted by Crippen LogP contribution is 2.20. The average Bonchev–Trinajstić information content (AvgIpc) is 2.83. The molecule has 0 spiro atoms. The molecule has 21 heavy (non-hydrogen) atoms. The maximum absolute atomic E-state index is 12.1. The van der Waals surface area contributed by atoms with Gasteiger partial charge in [-0.15, -0.1) is 0 Å². The van der Waals surface area contributed by atoms with Gasteiger partial charge >= 0.3 is 0 Å². The second kappa shape index (κ2) is 6.10. The van der Waals surface area contributed by atoms with Crippen LogP contribution in [0.5, 0.6) is 0 Å². The lowest BCUT2D eigenvalue weighted by Crippen LogP contribution is -2.12. The van der Waals surface area contributed by atoms with Gasteiger partial charge in [-0.2, -0.15) is 5.10 Å². The molecule has 2 rings (SSSR count). The molecule has 1 amide bonds. The zero-order valence-corrected chi connectivity index (χ0v) is 12.7. The molecule has 0 saturated heterocycles. The Morgan fingerprint density at radius 2 is 1.95 bits per heavy atom. The summed E-state index contributed by atoms with van der Waals surface area (Å²) in [6, 6.07) is 9.10. The van der Waals surface area contributed by atoms with E-state index in [0.717, 1.165) is 17.7 Å². The van der Waals surface area contributed by atoms with Crippen LogP contribution in [-0.2, 0) is 13.0 Å². The topological polar surface area (TPSA) is 83.8 Å². The number of hydrogen-bond acceptors (Lipinski definition) is 3. The van der Waals surface area contributed by atoms with Crippen LogP contribution in [0.25, 0.3) is 0 Å². The molecule has 0 atom stereocenters. The van der Waals surface area contributed by atoms with E-state index in [1.165, 1.54) is 0 Å². The molecule has 2 aromatic rings. The fourth-order valence-electron chi connectivity index (χ4n) is 2.07. The molecule has 0 bridgehead atoms. The van der Waals surface area contributed by atoms with Gasteiger partial charge in [-0.1, -0.05) is 32.9 Å². The van der Waals surface area contributed by atoms with Crippen LogP contribution in [0.1, 0.15) is 42.4 Å². The Hall–Kier alpha value is -2.14. The predicted octanol–water partition coefficient (Wildman–Crippen LogP) is 2.71. The molecular formula is C16H22N4O. The van der Waals surface area contributed by atoms with Crippen molar-refractivity contribution < 1.29 is 4.79 Å². The molecule has 1 aromatic carbocycles. The Labute approximate surface area is 124 Å². The summed E-state index contributed by atoms with van der Waals surface area (Å²) in [5.74, 6) is 0.370. The zero-order chi connectivity index (χ0) is 15.5. The van der Waals surface area contributed by atoms with Gasteiger partial charge in [0, 0.05) is 23.9 Å². The number of nitrogens with zero attached hydrogens (tertiary/aromatic N) is 1. The number of H-pyrrole nitrogens is 1. The Morgan fingerprint density at radius 3 is 2.52 bits per heavy atom. The van der Waals surface area contributed by atoms with Crippen molar-refractivity contribution in [1.29, 1.82) is 0 Å². The summed E-state index contributed by atoms with van der Waals surface area (Å²) in [6.45, 7) is 6.94. The van der Waals surface area contributed by atoms with Gasteiger partial charge in [-0.05, 0) is 29.5 Å². The van der Waals surface area contributed by atoms with E-state index in [0.29, 0.717) is 17.9 Å². The van der Waals surface area contributed by atoms with Crippen LogP contribution in [0.15, 0.2) is 30.3 Å². The molecule has 4 N–H and O–H groups in total. The second-order valence-corrected chi connectivity index (χ2v) is 6.37. The summed E-state index contributed by atoms with van der Waals surface area (Å²) < 4.78 is 0. The smallest absolute Gasteiger partial charge is 0.256 e. The summed E-state index contributed by atoms with van der Waals surface area (Å²) in [4.78, 5) is 12.1. The summed E-state index contributed by atoms with van der Waals surface area (Å²) in [6.07, 6.45) is 0.876. The zero-order valence-electron chi connectivity index (χ0n) is 12.7. The van der Waals surface area contributed by atoms with E-state index < -0.39 is 0 Å². The van der Waals surface area contributed by atoms with Crippen LogP contribution < -0.4 is 11.1 Å². The summed E-state index contributed by atoms with van der Waals surface area (Å²) in [5, 5.41) is 9.87. The normalized spacial score (nSPS) is 11.4. The number of benzene rings is 1. The summed E-state index contributed by atoms with van der Waals surface area (Å²) in [5.41, 5.74) is 8.31. The number of anilines is 1. The molecule has 1 heterocycles. The van der Waals surface area contributed by atoms with Gasteiger partial charge in [0.1, 0.15) is 0 Å². The largest absolute Gasteiger partial charge is 0.326 e. The van der Waals surface area contributed by atoms with Gasteiger partial charge in [0.15, 0.2) is 5.82 Å². The number of rotatable bonds is 4. The van der Waals surface area contributed by atoms with E-state index in [1.54, 1.807) is 12.1 Å². The molecule has 0 saturated carbocycles. The Bertz CT molecular complexity index is 608. The van der Waals surface area contributed by atoms with Crippen LogP contribution in [0, 0.1) is 5.41 Å². The highest BCUT2D eigenvalue weighted by molar-refractivity contribution is 6.03. The maximum Gasteiger partial charge on any atom is 0.256 e. The van der Waals surface area contributed by atoms with Crippen molar-refractivity contribution in [2.75, 3.05) is 5.32 Å². The van der Waals surface area contributed by atoms with E-state index in [1.807, 2.05) is 18.2 Å². The number of aromatic nitrogens is 2. The number of amides is 1. The molecule has 1 aromatic heterocycles. The van der Waals surface area contributed by atoms with Crippen molar-refractivity contribution in [3.05, 3.63) is 47.2 Å². The first-order chi connectivity index (χ1) is 9.87. The van der Waals surface area contributed by atoms with E-state index in [2.05, 4.69) is 36.3 Å². The molecule has 0 radical (unpaired) electrons. The molecule has 0 aliphatic heterocycles. The van der Waals surface area contributed by atoms with E-state index in [-0.39, 0.29) is 11.3 Å². The lowest BCUT2D eigenvalue weighted by atomic mass is 9.91.